The van der Waals surface area contributed by atoms with E-state index in [2.05, 4.69) is 18.3 Å². The molecule has 1 aromatic rings. The highest BCUT2D eigenvalue weighted by Crippen LogP contribution is 2.44. The van der Waals surface area contributed by atoms with Gasteiger partial charge in [0.2, 0.25) is 0 Å². The van der Waals surface area contributed by atoms with Crippen molar-refractivity contribution in [2.45, 2.75) is 51.5 Å². The second-order valence-electron chi connectivity index (χ2n) is 6.06. The predicted octanol–water partition coefficient (Wildman–Crippen LogP) is 5.03. The van der Waals surface area contributed by atoms with Crippen molar-refractivity contribution in [2.24, 2.45) is 11.8 Å². The number of nitrogens with one attached hydrogen (secondary N) is 1. The number of benzene rings is 1. The highest BCUT2D eigenvalue weighted by molar-refractivity contribution is 6.30. The lowest BCUT2D eigenvalue weighted by Crippen LogP contribution is -2.28. The molecule has 1 N–H and O–H groups in total. The van der Waals surface area contributed by atoms with Gasteiger partial charge in [0.25, 0.3) is 0 Å². The number of hydrogen-bond donors (Lipinski definition) is 1. The third-order valence-corrected chi connectivity index (χ3v) is 4.79. The van der Waals surface area contributed by atoms with Crippen molar-refractivity contribution in [3.8, 4) is 0 Å². The van der Waals surface area contributed by atoms with Gasteiger partial charge < -0.3 is 5.32 Å². The summed E-state index contributed by atoms with van der Waals surface area (Å²) in [6.45, 7) is 2.13. The lowest BCUT2D eigenvalue weighted by atomic mass is 9.82. The van der Waals surface area contributed by atoms with Crippen LogP contribution in [0.15, 0.2) is 18.2 Å². The lowest BCUT2D eigenvalue weighted by Gasteiger charge is -2.31. The molecule has 2 atom stereocenters. The van der Waals surface area contributed by atoms with E-state index in [1.54, 1.807) is 0 Å². The Morgan fingerprint density at radius 2 is 1.94 bits per heavy atom. The number of halogens is 1. The fraction of sp³-hybridized carbons (Fsp3) is 0.625. The summed E-state index contributed by atoms with van der Waals surface area (Å²) in [6.07, 6.45) is 8.51. The quantitative estimate of drug-likeness (QED) is 0.807. The third kappa shape index (κ3) is 2.83. The average molecular weight is 264 g/mol. The summed E-state index contributed by atoms with van der Waals surface area (Å²) in [5.74, 6) is 2.05. The van der Waals surface area contributed by atoms with E-state index in [4.69, 9.17) is 11.6 Å². The molecular formula is C16H22ClN. The number of anilines is 1. The number of rotatable bonds is 3. The van der Waals surface area contributed by atoms with Crippen LogP contribution in [0.5, 0.6) is 0 Å². The molecule has 2 heteroatoms. The van der Waals surface area contributed by atoms with Crippen LogP contribution in [-0.2, 0) is 0 Å². The molecule has 2 saturated carbocycles. The molecule has 2 unspecified atom stereocenters. The molecule has 98 valence electrons. The van der Waals surface area contributed by atoms with E-state index in [0.717, 1.165) is 16.9 Å². The van der Waals surface area contributed by atoms with Gasteiger partial charge in [-0.3, -0.25) is 0 Å². The molecule has 2 aliphatic rings. The van der Waals surface area contributed by atoms with Gasteiger partial charge in [0.15, 0.2) is 0 Å². The molecule has 2 aliphatic carbocycles. The van der Waals surface area contributed by atoms with Gasteiger partial charge in [-0.1, -0.05) is 24.4 Å². The molecule has 1 aromatic carbocycles. The van der Waals surface area contributed by atoms with Gasteiger partial charge in [-0.05, 0) is 68.2 Å². The first-order chi connectivity index (χ1) is 8.72. The average Bonchev–Trinajstić information content (AvgIpc) is 3.17. The zero-order valence-electron chi connectivity index (χ0n) is 11.1. The van der Waals surface area contributed by atoms with Gasteiger partial charge in [-0.15, -0.1) is 0 Å². The minimum absolute atomic E-state index is 0.671. The van der Waals surface area contributed by atoms with Crippen molar-refractivity contribution in [3.63, 3.8) is 0 Å². The van der Waals surface area contributed by atoms with Crippen molar-refractivity contribution in [3.05, 3.63) is 28.8 Å². The van der Waals surface area contributed by atoms with E-state index in [9.17, 15) is 0 Å². The maximum atomic E-state index is 6.00. The SMILES string of the molecule is Cc1cc(Cl)ccc1NC1CCCC(C2CC2)C1. The monoisotopic (exact) mass is 263 g/mol. The minimum atomic E-state index is 0.671. The Bertz CT molecular complexity index is 425. The Morgan fingerprint density at radius 1 is 1.11 bits per heavy atom. The van der Waals surface area contributed by atoms with E-state index < -0.39 is 0 Å². The second-order valence-corrected chi connectivity index (χ2v) is 6.50. The summed E-state index contributed by atoms with van der Waals surface area (Å²) in [4.78, 5) is 0. The molecule has 0 spiro atoms. The van der Waals surface area contributed by atoms with Crippen molar-refractivity contribution in [2.75, 3.05) is 5.32 Å². The highest BCUT2D eigenvalue weighted by Gasteiger charge is 2.34. The van der Waals surface area contributed by atoms with Crippen molar-refractivity contribution >= 4 is 17.3 Å². The largest absolute Gasteiger partial charge is 0.382 e. The van der Waals surface area contributed by atoms with Crippen LogP contribution in [0.1, 0.15) is 44.1 Å². The summed E-state index contributed by atoms with van der Waals surface area (Å²) >= 11 is 6.00. The summed E-state index contributed by atoms with van der Waals surface area (Å²) in [6, 6.07) is 6.82. The van der Waals surface area contributed by atoms with Gasteiger partial charge in [0.05, 0.1) is 0 Å². The maximum absolute atomic E-state index is 6.00. The van der Waals surface area contributed by atoms with E-state index in [0.29, 0.717) is 6.04 Å². The molecule has 18 heavy (non-hydrogen) atoms. The number of hydrogen-bond acceptors (Lipinski definition) is 1. The van der Waals surface area contributed by atoms with Crippen LogP contribution in [0.3, 0.4) is 0 Å². The predicted molar refractivity (Wildman–Crippen MR) is 78.3 cm³/mol. The van der Waals surface area contributed by atoms with Crippen molar-refractivity contribution < 1.29 is 0 Å². The Labute approximate surface area is 115 Å². The standard InChI is InChI=1S/C16H22ClN/c1-11-9-14(17)7-8-16(11)18-15-4-2-3-13(10-15)12-5-6-12/h7-9,12-13,15,18H,2-6,10H2,1H3. The van der Waals surface area contributed by atoms with E-state index in [1.165, 1.54) is 49.8 Å². The highest BCUT2D eigenvalue weighted by atomic mass is 35.5. The Morgan fingerprint density at radius 3 is 2.67 bits per heavy atom. The fourth-order valence-corrected chi connectivity index (χ4v) is 3.59. The van der Waals surface area contributed by atoms with Crippen molar-refractivity contribution in [1.82, 2.24) is 0 Å². The lowest BCUT2D eigenvalue weighted by molar-refractivity contribution is 0.303. The van der Waals surface area contributed by atoms with Gasteiger partial charge in [0, 0.05) is 16.8 Å². The normalized spacial score (nSPS) is 28.1. The zero-order valence-corrected chi connectivity index (χ0v) is 11.8. The van der Waals surface area contributed by atoms with Crippen LogP contribution in [0.25, 0.3) is 0 Å². The van der Waals surface area contributed by atoms with E-state index in [1.807, 2.05) is 12.1 Å². The summed E-state index contributed by atoms with van der Waals surface area (Å²) in [5, 5.41) is 4.56. The molecule has 2 fully saturated rings. The van der Waals surface area contributed by atoms with Crippen LogP contribution < -0.4 is 5.32 Å². The Hall–Kier alpha value is -0.690. The smallest absolute Gasteiger partial charge is 0.0410 e. The topological polar surface area (TPSA) is 12.0 Å². The molecule has 0 saturated heterocycles. The van der Waals surface area contributed by atoms with E-state index in [-0.39, 0.29) is 0 Å². The van der Waals surface area contributed by atoms with Crippen LogP contribution in [0.4, 0.5) is 5.69 Å². The minimum Gasteiger partial charge on any atom is -0.382 e. The van der Waals surface area contributed by atoms with Gasteiger partial charge in [0.1, 0.15) is 0 Å². The van der Waals surface area contributed by atoms with Crippen LogP contribution in [-0.4, -0.2) is 6.04 Å². The van der Waals surface area contributed by atoms with Crippen molar-refractivity contribution in [1.29, 1.82) is 0 Å². The Kier molecular flexibility index (Phi) is 3.52. The molecule has 0 bridgehead atoms. The molecule has 0 amide bonds. The zero-order chi connectivity index (χ0) is 12.5. The number of aryl methyl sites for hydroxylation is 1. The molecule has 0 heterocycles. The molecule has 0 radical (unpaired) electrons. The van der Waals surface area contributed by atoms with Crippen LogP contribution in [0, 0.1) is 18.8 Å². The molecule has 3 rings (SSSR count). The second kappa shape index (κ2) is 5.13. The first kappa shape index (κ1) is 12.3. The summed E-state index contributed by atoms with van der Waals surface area (Å²) in [5.41, 5.74) is 2.52. The fourth-order valence-electron chi connectivity index (χ4n) is 3.36. The first-order valence-electron chi connectivity index (χ1n) is 7.25. The van der Waals surface area contributed by atoms with Gasteiger partial charge >= 0.3 is 0 Å². The van der Waals surface area contributed by atoms with Gasteiger partial charge in [-0.2, -0.15) is 0 Å². The first-order valence-corrected chi connectivity index (χ1v) is 7.63. The molecule has 0 aliphatic heterocycles. The van der Waals surface area contributed by atoms with E-state index >= 15 is 0 Å². The maximum Gasteiger partial charge on any atom is 0.0410 e. The summed E-state index contributed by atoms with van der Waals surface area (Å²) < 4.78 is 0. The molecule has 1 nitrogen and oxygen atoms in total. The van der Waals surface area contributed by atoms with Crippen LogP contribution >= 0.6 is 11.6 Å². The third-order valence-electron chi connectivity index (χ3n) is 4.55. The van der Waals surface area contributed by atoms with Crippen LogP contribution in [0.2, 0.25) is 5.02 Å². The molecular weight excluding hydrogens is 242 g/mol. The summed E-state index contributed by atoms with van der Waals surface area (Å²) in [7, 11) is 0. The van der Waals surface area contributed by atoms with Gasteiger partial charge in [-0.25, -0.2) is 0 Å². The molecule has 0 aromatic heterocycles. The Balaban J connectivity index is 1.64.